The van der Waals surface area contributed by atoms with Crippen LogP contribution in [0.2, 0.25) is 0 Å². The van der Waals surface area contributed by atoms with E-state index in [-0.39, 0.29) is 6.67 Å². The van der Waals surface area contributed by atoms with Crippen molar-refractivity contribution >= 4 is 11.8 Å². The molecule has 0 nitrogen and oxygen atoms in total. The van der Waals surface area contributed by atoms with Crippen LogP contribution < -0.4 is 0 Å². The van der Waals surface area contributed by atoms with Gasteiger partial charge in [0.2, 0.25) is 0 Å². The summed E-state index contributed by atoms with van der Waals surface area (Å²) in [6, 6.07) is 0. The largest absolute Gasteiger partial charge is 0.251 e. The molecule has 2 atom stereocenters. The van der Waals surface area contributed by atoms with Gasteiger partial charge >= 0.3 is 0 Å². The highest BCUT2D eigenvalue weighted by molar-refractivity contribution is 8.07. The third kappa shape index (κ3) is 2.17. The van der Waals surface area contributed by atoms with Gasteiger partial charge in [0, 0.05) is 10.5 Å². The van der Waals surface area contributed by atoms with Crippen molar-refractivity contribution in [2.24, 2.45) is 0 Å². The number of halogens is 1. The lowest BCUT2D eigenvalue weighted by molar-refractivity contribution is 0.462. The molecule has 0 bridgehead atoms. The molecule has 1 fully saturated rings. The molecular formula is C7H13FS. The lowest BCUT2D eigenvalue weighted by Gasteiger charge is -1.89. The van der Waals surface area contributed by atoms with Crippen molar-refractivity contribution in [3.05, 3.63) is 0 Å². The summed E-state index contributed by atoms with van der Waals surface area (Å²) in [4.78, 5) is 0. The van der Waals surface area contributed by atoms with Gasteiger partial charge in [-0.2, -0.15) is 11.8 Å². The van der Waals surface area contributed by atoms with Gasteiger partial charge < -0.3 is 0 Å². The molecule has 1 aliphatic heterocycles. The Bertz CT molecular complexity index is 85.0. The second-order valence-corrected chi connectivity index (χ2v) is 3.94. The van der Waals surface area contributed by atoms with E-state index in [2.05, 4.69) is 6.92 Å². The fourth-order valence-corrected chi connectivity index (χ4v) is 2.25. The summed E-state index contributed by atoms with van der Waals surface area (Å²) in [6.07, 6.45) is 3.13. The van der Waals surface area contributed by atoms with Gasteiger partial charge in [-0.1, -0.05) is 6.92 Å². The van der Waals surface area contributed by atoms with Crippen molar-refractivity contribution in [2.75, 3.05) is 6.67 Å². The number of hydrogen-bond acceptors (Lipinski definition) is 1. The van der Waals surface area contributed by atoms with Crippen LogP contribution in [0.15, 0.2) is 0 Å². The van der Waals surface area contributed by atoms with Crippen LogP contribution in [0.5, 0.6) is 0 Å². The molecule has 1 saturated heterocycles. The van der Waals surface area contributed by atoms with Crippen LogP contribution in [0.1, 0.15) is 26.2 Å². The van der Waals surface area contributed by atoms with E-state index in [9.17, 15) is 4.39 Å². The van der Waals surface area contributed by atoms with Gasteiger partial charge in [-0.05, 0) is 19.3 Å². The maximum absolute atomic E-state index is 11.6. The van der Waals surface area contributed by atoms with Crippen LogP contribution in [0.3, 0.4) is 0 Å². The van der Waals surface area contributed by atoms with Crippen molar-refractivity contribution in [3.8, 4) is 0 Å². The predicted octanol–water partition coefficient (Wildman–Crippen LogP) is 2.63. The smallest absolute Gasteiger partial charge is 0.0894 e. The first kappa shape index (κ1) is 7.39. The van der Waals surface area contributed by atoms with E-state index in [0.717, 1.165) is 23.3 Å². The van der Waals surface area contributed by atoms with Gasteiger partial charge in [0.05, 0.1) is 6.67 Å². The standard InChI is InChI=1S/C7H13FS/c1-2-6-7(9-6)4-3-5-8/h6-7H,2-5H2,1H3. The third-order valence-corrected chi connectivity index (χ3v) is 3.32. The van der Waals surface area contributed by atoms with Crippen molar-refractivity contribution < 1.29 is 4.39 Å². The fraction of sp³-hybridized carbons (Fsp3) is 1.00. The van der Waals surface area contributed by atoms with Gasteiger partial charge in [0.15, 0.2) is 0 Å². The molecule has 2 unspecified atom stereocenters. The van der Waals surface area contributed by atoms with Gasteiger partial charge in [-0.3, -0.25) is 4.39 Å². The first-order chi connectivity index (χ1) is 4.38. The molecule has 1 aliphatic rings. The van der Waals surface area contributed by atoms with E-state index in [4.69, 9.17) is 0 Å². The molecule has 0 aromatic heterocycles. The van der Waals surface area contributed by atoms with E-state index >= 15 is 0 Å². The average molecular weight is 148 g/mol. The van der Waals surface area contributed by atoms with E-state index in [0.29, 0.717) is 0 Å². The minimum absolute atomic E-state index is 0.131. The SMILES string of the molecule is CCC1SC1CCCF. The highest BCUT2D eigenvalue weighted by Crippen LogP contribution is 2.46. The van der Waals surface area contributed by atoms with Gasteiger partial charge in [-0.15, -0.1) is 0 Å². The zero-order valence-electron chi connectivity index (χ0n) is 5.77. The second-order valence-electron chi connectivity index (χ2n) is 2.45. The molecule has 54 valence electrons. The summed E-state index contributed by atoms with van der Waals surface area (Å²) in [5.41, 5.74) is 0. The molecule has 0 radical (unpaired) electrons. The minimum atomic E-state index is -0.131. The number of hydrogen-bond donors (Lipinski definition) is 0. The molecule has 0 aromatic carbocycles. The lowest BCUT2D eigenvalue weighted by atomic mass is 10.2. The predicted molar refractivity (Wildman–Crippen MR) is 40.7 cm³/mol. The maximum Gasteiger partial charge on any atom is 0.0894 e. The molecular weight excluding hydrogens is 135 g/mol. The Labute approximate surface area is 60.2 Å². The lowest BCUT2D eigenvalue weighted by Crippen LogP contribution is -1.92. The number of rotatable bonds is 4. The van der Waals surface area contributed by atoms with Crippen molar-refractivity contribution in [3.63, 3.8) is 0 Å². The van der Waals surface area contributed by atoms with Gasteiger partial charge in [0.1, 0.15) is 0 Å². The highest BCUT2D eigenvalue weighted by Gasteiger charge is 2.35. The molecule has 0 saturated carbocycles. The first-order valence-electron chi connectivity index (χ1n) is 3.60. The summed E-state index contributed by atoms with van der Waals surface area (Å²) in [5, 5.41) is 1.68. The summed E-state index contributed by atoms with van der Waals surface area (Å²) >= 11 is 2.01. The molecule has 2 heteroatoms. The topological polar surface area (TPSA) is 0 Å². The zero-order chi connectivity index (χ0) is 6.69. The van der Waals surface area contributed by atoms with E-state index in [1.54, 1.807) is 0 Å². The Hall–Kier alpha value is 0.280. The molecule has 0 N–H and O–H groups in total. The number of alkyl halides is 1. The molecule has 0 spiro atoms. The van der Waals surface area contributed by atoms with Crippen LogP contribution in [0.25, 0.3) is 0 Å². The molecule has 0 aliphatic carbocycles. The highest BCUT2D eigenvalue weighted by atomic mass is 32.2. The summed E-state index contributed by atoms with van der Waals surface area (Å²) < 4.78 is 11.6. The fourth-order valence-electron chi connectivity index (χ4n) is 1.07. The second kappa shape index (κ2) is 3.45. The molecule has 1 heterocycles. The summed E-state index contributed by atoms with van der Waals surface area (Å²) in [6.45, 7) is 2.07. The Kier molecular flexibility index (Phi) is 2.83. The molecule has 1 rings (SSSR count). The summed E-state index contributed by atoms with van der Waals surface area (Å²) in [7, 11) is 0. The number of thioether (sulfide) groups is 1. The molecule has 0 amide bonds. The van der Waals surface area contributed by atoms with E-state index in [1.807, 2.05) is 11.8 Å². The van der Waals surface area contributed by atoms with Crippen molar-refractivity contribution in [1.82, 2.24) is 0 Å². The Balaban J connectivity index is 1.92. The van der Waals surface area contributed by atoms with Gasteiger partial charge in [0.25, 0.3) is 0 Å². The molecule has 0 aromatic rings. The Morgan fingerprint density at radius 3 is 2.67 bits per heavy atom. The quantitative estimate of drug-likeness (QED) is 0.552. The van der Waals surface area contributed by atoms with E-state index in [1.165, 1.54) is 6.42 Å². The third-order valence-electron chi connectivity index (χ3n) is 1.71. The maximum atomic E-state index is 11.6. The Morgan fingerprint density at radius 1 is 1.44 bits per heavy atom. The van der Waals surface area contributed by atoms with Crippen LogP contribution in [-0.4, -0.2) is 17.2 Å². The van der Waals surface area contributed by atoms with Gasteiger partial charge in [-0.25, -0.2) is 0 Å². The van der Waals surface area contributed by atoms with Crippen molar-refractivity contribution in [2.45, 2.75) is 36.7 Å². The van der Waals surface area contributed by atoms with E-state index < -0.39 is 0 Å². The average Bonchev–Trinajstić information content (AvgIpc) is 2.62. The molecule has 9 heavy (non-hydrogen) atoms. The summed E-state index contributed by atoms with van der Waals surface area (Å²) in [5.74, 6) is 0. The van der Waals surface area contributed by atoms with Crippen LogP contribution >= 0.6 is 11.8 Å². The van der Waals surface area contributed by atoms with Crippen LogP contribution in [0.4, 0.5) is 4.39 Å². The normalized spacial score (nSPS) is 32.7. The van der Waals surface area contributed by atoms with Crippen molar-refractivity contribution in [1.29, 1.82) is 0 Å². The Morgan fingerprint density at radius 2 is 2.22 bits per heavy atom. The zero-order valence-corrected chi connectivity index (χ0v) is 6.59. The van der Waals surface area contributed by atoms with Crippen LogP contribution in [-0.2, 0) is 0 Å². The minimum Gasteiger partial charge on any atom is -0.251 e. The monoisotopic (exact) mass is 148 g/mol. The van der Waals surface area contributed by atoms with Crippen LogP contribution in [0, 0.1) is 0 Å². The first-order valence-corrected chi connectivity index (χ1v) is 4.54.